The van der Waals surface area contributed by atoms with Gasteiger partial charge in [-0.1, -0.05) is 37.3 Å². The Hall–Kier alpha value is -4.46. The number of hydrogen-bond donors (Lipinski definition) is 2. The third kappa shape index (κ3) is 5.85. The molecule has 0 spiro atoms. The van der Waals surface area contributed by atoms with Crippen LogP contribution < -0.4 is 15.0 Å². The molecular weight excluding hydrogens is 554 g/mol. The molecule has 2 N–H and O–H groups in total. The van der Waals surface area contributed by atoms with Crippen LogP contribution in [-0.4, -0.2) is 81.0 Å². The van der Waals surface area contributed by atoms with E-state index in [1.165, 1.54) is 5.56 Å². The molecule has 6 rings (SSSR count). The van der Waals surface area contributed by atoms with Gasteiger partial charge >= 0.3 is 0 Å². The van der Waals surface area contributed by atoms with Gasteiger partial charge in [0.2, 0.25) is 5.91 Å². The van der Waals surface area contributed by atoms with Gasteiger partial charge in [-0.05, 0) is 62.9 Å². The van der Waals surface area contributed by atoms with Gasteiger partial charge in [0.25, 0.3) is 0 Å². The number of hydrogen-bond acceptors (Lipinski definition) is 8. The van der Waals surface area contributed by atoms with Gasteiger partial charge in [0, 0.05) is 42.5 Å². The van der Waals surface area contributed by atoms with E-state index in [9.17, 15) is 15.2 Å². The first kappa shape index (κ1) is 29.6. The maximum atomic E-state index is 13.6. The Labute approximate surface area is 257 Å². The Kier molecular flexibility index (Phi) is 8.51. The first-order valence-electron chi connectivity index (χ1n) is 15.5. The first-order valence-corrected chi connectivity index (χ1v) is 15.5. The van der Waals surface area contributed by atoms with Crippen molar-refractivity contribution >= 4 is 17.2 Å². The topological polar surface area (TPSA) is 119 Å². The van der Waals surface area contributed by atoms with E-state index in [4.69, 9.17) is 9.72 Å². The second-order valence-electron chi connectivity index (χ2n) is 11.7. The fraction of sp³-hybridized carbons (Fsp3) is 0.412. The third-order valence-electron chi connectivity index (χ3n) is 9.04. The summed E-state index contributed by atoms with van der Waals surface area (Å²) in [6.07, 6.45) is 7.40. The summed E-state index contributed by atoms with van der Waals surface area (Å²) in [6, 6.07) is 18.0. The smallest absolute Gasteiger partial charge is 0.240 e. The molecule has 0 unspecified atom stereocenters. The number of piperidine rings is 1. The lowest BCUT2D eigenvalue weighted by Gasteiger charge is -2.44. The fourth-order valence-electron chi connectivity index (χ4n) is 6.74. The maximum absolute atomic E-state index is 13.6. The van der Waals surface area contributed by atoms with Crippen molar-refractivity contribution in [2.45, 2.75) is 57.2 Å². The van der Waals surface area contributed by atoms with Crippen LogP contribution in [0, 0.1) is 11.3 Å². The van der Waals surface area contributed by atoms with Crippen LogP contribution in [0.2, 0.25) is 0 Å². The Morgan fingerprint density at radius 3 is 2.61 bits per heavy atom. The zero-order chi connectivity index (χ0) is 30.7. The summed E-state index contributed by atoms with van der Waals surface area (Å²) in [6.45, 7) is 7.41. The molecule has 10 nitrogen and oxygen atoms in total. The summed E-state index contributed by atoms with van der Waals surface area (Å²) in [7, 11) is 0. The molecule has 2 fully saturated rings. The minimum atomic E-state index is -0.645. The number of anilines is 1. The number of amides is 1. The molecule has 0 radical (unpaired) electrons. The molecule has 0 saturated carbocycles. The molecule has 2 atom stereocenters. The largest absolute Gasteiger partial charge is 0.492 e. The van der Waals surface area contributed by atoms with Crippen molar-refractivity contribution in [1.29, 1.82) is 5.26 Å². The van der Waals surface area contributed by atoms with Crippen LogP contribution >= 0.6 is 0 Å². The molecule has 228 valence electrons. The summed E-state index contributed by atoms with van der Waals surface area (Å²) in [5.41, 5.74) is 3.68. The van der Waals surface area contributed by atoms with Crippen LogP contribution in [0.25, 0.3) is 16.6 Å². The number of aromatic nitrogens is 3. The van der Waals surface area contributed by atoms with E-state index < -0.39 is 17.7 Å². The molecular formula is C34H39N7O3. The summed E-state index contributed by atoms with van der Waals surface area (Å²) in [5.74, 6) is 1.45. The quantitative estimate of drug-likeness (QED) is 0.301. The van der Waals surface area contributed by atoms with Crippen LogP contribution in [0.5, 0.6) is 5.75 Å². The highest BCUT2D eigenvalue weighted by molar-refractivity contribution is 5.85. The number of aliphatic hydroxyl groups is 1. The Balaban J connectivity index is 1.22. The van der Waals surface area contributed by atoms with E-state index in [1.54, 1.807) is 16.9 Å². The van der Waals surface area contributed by atoms with Gasteiger partial charge in [-0.3, -0.25) is 9.69 Å². The minimum Gasteiger partial charge on any atom is -0.492 e. The fourth-order valence-corrected chi connectivity index (χ4v) is 6.74. The molecule has 10 heteroatoms. The van der Waals surface area contributed by atoms with Crippen LogP contribution in [0.1, 0.15) is 44.2 Å². The second kappa shape index (κ2) is 12.6. The van der Waals surface area contributed by atoms with E-state index in [1.807, 2.05) is 56.4 Å². The number of fused-ring (bicyclic) bond motifs is 1. The van der Waals surface area contributed by atoms with Crippen molar-refractivity contribution in [2.75, 3.05) is 37.7 Å². The highest BCUT2D eigenvalue weighted by Gasteiger charge is 2.43. The SMILES string of the molecule is CCOc1cc(-c2ccc(N3CCC(Cc4ccccc4)(NC(=O)[C@@H]4[C@@H](O)CCN4CC)CC3)nc2)c2c(C#N)cnn2c1. The number of nitrogens with zero attached hydrogens (tertiary/aromatic N) is 6. The summed E-state index contributed by atoms with van der Waals surface area (Å²) in [5, 5.41) is 28.1. The number of carbonyl (C=O) groups excluding carboxylic acids is 1. The zero-order valence-corrected chi connectivity index (χ0v) is 25.3. The van der Waals surface area contributed by atoms with Gasteiger partial charge in [-0.25, -0.2) is 9.50 Å². The Morgan fingerprint density at radius 1 is 1.14 bits per heavy atom. The normalized spacial score (nSPS) is 20.0. The van der Waals surface area contributed by atoms with Crippen LogP contribution in [0.15, 0.2) is 67.1 Å². The predicted molar refractivity (Wildman–Crippen MR) is 168 cm³/mol. The summed E-state index contributed by atoms with van der Waals surface area (Å²) in [4.78, 5) is 22.8. The maximum Gasteiger partial charge on any atom is 0.240 e. The number of likely N-dealkylation sites (tertiary alicyclic amines) is 1. The van der Waals surface area contributed by atoms with E-state index in [-0.39, 0.29) is 5.91 Å². The predicted octanol–water partition coefficient (Wildman–Crippen LogP) is 3.82. The molecule has 0 aliphatic carbocycles. The van der Waals surface area contributed by atoms with Crippen molar-refractivity contribution in [3.63, 3.8) is 0 Å². The van der Waals surface area contributed by atoms with Crippen LogP contribution in [-0.2, 0) is 11.2 Å². The van der Waals surface area contributed by atoms with Crippen molar-refractivity contribution < 1.29 is 14.6 Å². The zero-order valence-electron chi connectivity index (χ0n) is 25.3. The van der Waals surface area contributed by atoms with Crippen molar-refractivity contribution in [3.05, 3.63) is 78.2 Å². The lowest BCUT2D eigenvalue weighted by molar-refractivity contribution is -0.130. The molecule has 2 saturated heterocycles. The number of carbonyl (C=O) groups is 1. The monoisotopic (exact) mass is 593 g/mol. The molecule has 2 aliphatic heterocycles. The number of nitrogens with one attached hydrogen (secondary N) is 1. The van der Waals surface area contributed by atoms with Gasteiger partial charge < -0.3 is 20.1 Å². The highest BCUT2D eigenvalue weighted by atomic mass is 16.5. The molecule has 3 aromatic heterocycles. The average molecular weight is 594 g/mol. The molecule has 2 aliphatic rings. The number of pyridine rings is 2. The van der Waals surface area contributed by atoms with Crippen molar-refractivity contribution in [2.24, 2.45) is 0 Å². The standard InChI is InChI=1S/C34H39N7O3/c1-3-39-15-12-29(42)32(39)33(43)38-34(19-24-8-6-5-7-9-24)13-16-40(17-14-34)30-11-10-25(21-36-30)28-18-27(44-4-2)23-41-31(28)26(20-35)22-37-41/h5-11,18,21-23,29,32,42H,3-4,12-17,19H2,1-2H3,(H,38,43)/t29-,32-/m0/s1. The number of nitriles is 1. The Morgan fingerprint density at radius 2 is 1.93 bits per heavy atom. The van der Waals surface area contributed by atoms with Crippen LogP contribution in [0.3, 0.4) is 0 Å². The van der Waals surface area contributed by atoms with Gasteiger partial charge in [0.05, 0.1) is 36.2 Å². The highest BCUT2D eigenvalue weighted by Crippen LogP contribution is 2.33. The number of ether oxygens (including phenoxy) is 1. The summed E-state index contributed by atoms with van der Waals surface area (Å²) < 4.78 is 7.44. The van der Waals surface area contributed by atoms with Gasteiger partial charge in [-0.2, -0.15) is 10.4 Å². The van der Waals surface area contributed by atoms with Gasteiger partial charge in [0.15, 0.2) is 0 Å². The lowest BCUT2D eigenvalue weighted by Crippen LogP contribution is -2.61. The number of aliphatic hydroxyl groups excluding tert-OH is 1. The summed E-state index contributed by atoms with van der Waals surface area (Å²) >= 11 is 0. The van der Waals surface area contributed by atoms with Crippen molar-refractivity contribution in [1.82, 2.24) is 24.8 Å². The molecule has 0 bridgehead atoms. The lowest BCUT2D eigenvalue weighted by atomic mass is 9.81. The first-order chi connectivity index (χ1) is 21.4. The van der Waals surface area contributed by atoms with E-state index in [0.29, 0.717) is 24.3 Å². The number of likely N-dealkylation sites (N-methyl/N-ethyl adjacent to an activating group) is 1. The van der Waals surface area contributed by atoms with Crippen molar-refractivity contribution in [3.8, 4) is 22.9 Å². The molecule has 4 aromatic rings. The van der Waals surface area contributed by atoms with E-state index >= 15 is 0 Å². The van der Waals surface area contributed by atoms with Gasteiger partial charge in [-0.15, -0.1) is 0 Å². The van der Waals surface area contributed by atoms with Crippen LogP contribution in [0.4, 0.5) is 5.82 Å². The average Bonchev–Trinajstić information content (AvgIpc) is 3.64. The van der Waals surface area contributed by atoms with Gasteiger partial charge in [0.1, 0.15) is 23.7 Å². The molecule has 1 aromatic carbocycles. The molecule has 1 amide bonds. The van der Waals surface area contributed by atoms with E-state index in [2.05, 4.69) is 38.4 Å². The number of benzene rings is 1. The second-order valence-corrected chi connectivity index (χ2v) is 11.7. The third-order valence-corrected chi connectivity index (χ3v) is 9.04. The number of rotatable bonds is 9. The molecule has 5 heterocycles. The van der Waals surface area contributed by atoms with E-state index in [0.717, 1.165) is 67.9 Å². The molecule has 44 heavy (non-hydrogen) atoms. The minimum absolute atomic E-state index is 0.0825. The Bertz CT molecular complexity index is 1640.